The summed E-state index contributed by atoms with van der Waals surface area (Å²) in [5.74, 6) is -5.45. The summed E-state index contributed by atoms with van der Waals surface area (Å²) in [6.07, 6.45) is 0.901. The van der Waals surface area contributed by atoms with Crippen LogP contribution in [-0.2, 0) is 5.92 Å². The van der Waals surface area contributed by atoms with Crippen molar-refractivity contribution in [3.63, 3.8) is 0 Å². The van der Waals surface area contributed by atoms with Crippen LogP contribution in [0.5, 0.6) is 5.75 Å². The highest BCUT2D eigenvalue weighted by molar-refractivity contribution is 6.02. The second-order valence-electron chi connectivity index (χ2n) is 9.81. The largest absolute Gasteiger partial charge is 0.710 e. The van der Waals surface area contributed by atoms with Crippen molar-refractivity contribution in [3.8, 4) is 28.5 Å². The number of methoxy groups -OCH3 is 1. The summed E-state index contributed by atoms with van der Waals surface area (Å²) in [7, 11) is 1.40. The van der Waals surface area contributed by atoms with E-state index in [1.807, 2.05) is 32.0 Å². The standard InChI is InChI=1S/C29H27F3N4O3/c1-15-7-5-8-16(2)23(15)25-22(39-4)14-21(30)24(35-25)27-33-17(3)26(36(27)38)28(37)34-20-10-6-9-19(13-20)29(31,32)18-11-12-18/h5-10,13-14,18,33H,11-12H2,1-4H3,(H,34,37). The average molecular weight is 537 g/mol. The number of rotatable bonds is 7. The third-order valence-corrected chi connectivity index (χ3v) is 6.98. The predicted octanol–water partition coefficient (Wildman–Crippen LogP) is 6.20. The first-order chi connectivity index (χ1) is 18.5. The van der Waals surface area contributed by atoms with Gasteiger partial charge < -0.3 is 15.3 Å². The monoisotopic (exact) mass is 536 g/mol. The number of imidazole rings is 1. The molecule has 1 fully saturated rings. The lowest BCUT2D eigenvalue weighted by Crippen LogP contribution is -2.37. The Labute approximate surface area is 223 Å². The van der Waals surface area contributed by atoms with Crippen LogP contribution in [-0.4, -0.2) is 23.0 Å². The van der Waals surface area contributed by atoms with Crippen molar-refractivity contribution in [1.29, 1.82) is 0 Å². The highest BCUT2D eigenvalue weighted by atomic mass is 19.3. The number of nitrogens with zero attached hydrogens (tertiary/aromatic N) is 2. The van der Waals surface area contributed by atoms with Crippen LogP contribution >= 0.6 is 0 Å². The molecule has 5 rings (SSSR count). The van der Waals surface area contributed by atoms with E-state index in [9.17, 15) is 18.8 Å². The number of H-pyrrole nitrogens is 1. The van der Waals surface area contributed by atoms with Crippen LogP contribution in [0.4, 0.5) is 18.9 Å². The number of hydrogen-bond donors (Lipinski definition) is 2. The number of halogens is 3. The van der Waals surface area contributed by atoms with Crippen LogP contribution in [0, 0.1) is 37.7 Å². The number of carbonyl (C=O) groups excluding carboxylic acids is 1. The zero-order valence-electron chi connectivity index (χ0n) is 21.9. The summed E-state index contributed by atoms with van der Waals surface area (Å²) in [4.78, 5) is 20.3. The van der Waals surface area contributed by atoms with Crippen molar-refractivity contribution in [3.05, 3.63) is 87.6 Å². The third-order valence-electron chi connectivity index (χ3n) is 6.98. The van der Waals surface area contributed by atoms with E-state index >= 15 is 4.39 Å². The Morgan fingerprint density at radius 3 is 2.41 bits per heavy atom. The van der Waals surface area contributed by atoms with Gasteiger partial charge in [0.25, 0.3) is 11.8 Å². The molecule has 4 aromatic rings. The molecule has 202 valence electrons. The molecule has 1 amide bonds. The molecule has 0 saturated heterocycles. The summed E-state index contributed by atoms with van der Waals surface area (Å²) < 4.78 is 50.0. The van der Waals surface area contributed by atoms with E-state index in [-0.39, 0.29) is 44.6 Å². The number of amides is 1. The number of anilines is 1. The van der Waals surface area contributed by atoms with Gasteiger partial charge in [-0.05, 0) is 49.9 Å². The number of aromatic amines is 1. The van der Waals surface area contributed by atoms with E-state index in [1.165, 1.54) is 38.3 Å². The molecule has 2 heterocycles. The molecule has 7 nitrogen and oxygen atoms in total. The minimum absolute atomic E-state index is 0.117. The fraction of sp³-hybridized carbons (Fsp3) is 0.276. The van der Waals surface area contributed by atoms with Gasteiger partial charge in [-0.3, -0.25) is 4.79 Å². The Morgan fingerprint density at radius 1 is 1.10 bits per heavy atom. The molecule has 1 aliphatic carbocycles. The van der Waals surface area contributed by atoms with E-state index in [2.05, 4.69) is 15.3 Å². The zero-order valence-corrected chi connectivity index (χ0v) is 21.9. The molecule has 2 N–H and O–H groups in total. The quantitative estimate of drug-likeness (QED) is 0.217. The molecule has 0 bridgehead atoms. The molecular weight excluding hydrogens is 509 g/mol. The Kier molecular flexibility index (Phi) is 6.57. The minimum Gasteiger partial charge on any atom is -0.710 e. The predicted molar refractivity (Wildman–Crippen MR) is 140 cm³/mol. The number of carbonyl (C=O) groups is 1. The Balaban J connectivity index is 1.52. The molecule has 1 saturated carbocycles. The number of benzene rings is 2. The Bertz CT molecular complexity index is 1570. The van der Waals surface area contributed by atoms with Gasteiger partial charge in [-0.25, -0.2) is 27.9 Å². The molecule has 0 spiro atoms. The highest BCUT2D eigenvalue weighted by Crippen LogP contribution is 2.50. The van der Waals surface area contributed by atoms with Crippen LogP contribution in [0.25, 0.3) is 22.8 Å². The molecule has 0 radical (unpaired) electrons. The van der Waals surface area contributed by atoms with Crippen LogP contribution in [0.2, 0.25) is 0 Å². The Morgan fingerprint density at radius 2 is 1.77 bits per heavy atom. The number of alkyl halides is 2. The fourth-order valence-corrected chi connectivity index (χ4v) is 4.81. The van der Waals surface area contributed by atoms with E-state index in [0.29, 0.717) is 18.5 Å². The maximum atomic E-state index is 15.2. The van der Waals surface area contributed by atoms with Gasteiger partial charge in [-0.1, -0.05) is 30.3 Å². The second kappa shape index (κ2) is 9.76. The van der Waals surface area contributed by atoms with Crippen molar-refractivity contribution < 1.29 is 27.4 Å². The lowest BCUT2D eigenvalue weighted by Gasteiger charge is -2.17. The lowest BCUT2D eigenvalue weighted by atomic mass is 9.98. The fourth-order valence-electron chi connectivity index (χ4n) is 4.81. The summed E-state index contributed by atoms with van der Waals surface area (Å²) in [6.45, 7) is 5.26. The van der Waals surface area contributed by atoms with Crippen LogP contribution in [0.1, 0.15) is 45.7 Å². The van der Waals surface area contributed by atoms with Crippen LogP contribution in [0.15, 0.2) is 48.5 Å². The molecule has 2 aromatic heterocycles. The van der Waals surface area contributed by atoms with Gasteiger partial charge in [0, 0.05) is 35.7 Å². The van der Waals surface area contributed by atoms with Crippen molar-refractivity contribution in [2.75, 3.05) is 12.4 Å². The van der Waals surface area contributed by atoms with Gasteiger partial charge in [0.2, 0.25) is 5.69 Å². The second-order valence-corrected chi connectivity index (χ2v) is 9.81. The smallest absolute Gasteiger partial charge is 0.312 e. The lowest BCUT2D eigenvalue weighted by molar-refractivity contribution is -0.594. The topological polar surface area (TPSA) is 94.0 Å². The summed E-state index contributed by atoms with van der Waals surface area (Å²) >= 11 is 0. The summed E-state index contributed by atoms with van der Waals surface area (Å²) in [6, 6.07) is 12.2. The summed E-state index contributed by atoms with van der Waals surface area (Å²) in [5.41, 5.74) is 2.28. The van der Waals surface area contributed by atoms with Crippen LogP contribution in [0.3, 0.4) is 0 Å². The first-order valence-corrected chi connectivity index (χ1v) is 12.5. The first kappa shape index (κ1) is 26.3. The van der Waals surface area contributed by atoms with Crippen molar-refractivity contribution >= 4 is 11.6 Å². The number of nitrogens with one attached hydrogen (secondary N) is 2. The van der Waals surface area contributed by atoms with Gasteiger partial charge in [0.1, 0.15) is 11.4 Å². The molecule has 10 heteroatoms. The number of hydrogen-bond acceptors (Lipinski definition) is 4. The van der Waals surface area contributed by atoms with E-state index in [4.69, 9.17) is 4.74 Å². The van der Waals surface area contributed by atoms with E-state index in [0.717, 1.165) is 22.8 Å². The maximum Gasteiger partial charge on any atom is 0.312 e. The zero-order chi connectivity index (χ0) is 28.1. The average Bonchev–Trinajstić information content (AvgIpc) is 3.70. The van der Waals surface area contributed by atoms with Crippen molar-refractivity contribution in [1.82, 2.24) is 9.97 Å². The van der Waals surface area contributed by atoms with Crippen molar-refractivity contribution in [2.24, 2.45) is 5.92 Å². The van der Waals surface area contributed by atoms with Gasteiger partial charge in [0.15, 0.2) is 17.2 Å². The number of aryl methyl sites for hydroxylation is 3. The molecule has 1 aliphatic rings. The first-order valence-electron chi connectivity index (χ1n) is 12.5. The van der Waals surface area contributed by atoms with E-state index in [1.54, 1.807) is 0 Å². The minimum atomic E-state index is -3.00. The normalized spacial score (nSPS) is 13.4. The molecule has 39 heavy (non-hydrogen) atoms. The highest BCUT2D eigenvalue weighted by Gasteiger charge is 2.48. The number of ether oxygens (including phenoxy) is 1. The van der Waals surface area contributed by atoms with Gasteiger partial charge in [-0.15, -0.1) is 0 Å². The molecular formula is C29H27F3N4O3. The van der Waals surface area contributed by atoms with Crippen LogP contribution < -0.4 is 14.8 Å². The number of aromatic nitrogens is 3. The van der Waals surface area contributed by atoms with E-state index < -0.39 is 23.6 Å². The molecule has 0 unspecified atom stereocenters. The van der Waals surface area contributed by atoms with Gasteiger partial charge >= 0.3 is 5.82 Å². The molecule has 2 aromatic carbocycles. The van der Waals surface area contributed by atoms with Crippen molar-refractivity contribution in [2.45, 2.75) is 39.5 Å². The SMILES string of the molecule is COc1cc(F)c(-c2[nH]c(C)c(C(=O)Nc3cccc(C(F)(F)C4CC4)c3)[n+]2[O-])nc1-c1c(C)cccc1C. The maximum absolute atomic E-state index is 15.2. The van der Waals surface area contributed by atoms with Gasteiger partial charge in [0.05, 0.1) is 7.11 Å². The van der Waals surface area contributed by atoms with Gasteiger partial charge in [-0.2, -0.15) is 0 Å². The molecule has 0 atom stereocenters. The molecule has 0 aliphatic heterocycles. The third kappa shape index (κ3) is 4.71. The number of pyridine rings is 1. The Hall–Kier alpha value is -4.34. The summed E-state index contributed by atoms with van der Waals surface area (Å²) in [5, 5.41) is 15.8.